The average Bonchev–Trinajstić information content (AvgIpc) is 2.57. The Balaban J connectivity index is 2.15. The predicted octanol–water partition coefficient (Wildman–Crippen LogP) is 0.225. The lowest BCUT2D eigenvalue weighted by molar-refractivity contribution is -0.140. The van der Waals surface area contributed by atoms with Crippen molar-refractivity contribution >= 4 is 11.8 Å². The fourth-order valence-corrected chi connectivity index (χ4v) is 2.71. The topological polar surface area (TPSA) is 46.2 Å². The number of imide groups is 1. The van der Waals surface area contributed by atoms with Crippen LogP contribution in [0.5, 0.6) is 0 Å². The number of amides is 2. The Kier molecular flexibility index (Phi) is 0.868. The van der Waals surface area contributed by atoms with Crippen molar-refractivity contribution in [3.8, 4) is 0 Å². The van der Waals surface area contributed by atoms with Crippen LogP contribution < -0.4 is 5.32 Å². The second-order valence-corrected chi connectivity index (χ2v) is 4.01. The lowest BCUT2D eigenvalue weighted by Crippen LogP contribution is -2.48. The van der Waals surface area contributed by atoms with Crippen molar-refractivity contribution in [3.05, 3.63) is 12.2 Å². The maximum absolute atomic E-state index is 11.5. The monoisotopic (exact) mass is 163 g/mol. The fraction of sp³-hybridized carbons (Fsp3) is 0.556. The molecule has 12 heavy (non-hydrogen) atoms. The molecule has 2 fully saturated rings. The van der Waals surface area contributed by atoms with Gasteiger partial charge in [0.15, 0.2) is 0 Å². The molecule has 3 heteroatoms. The third-order valence-corrected chi connectivity index (χ3v) is 3.39. The second-order valence-electron chi connectivity index (χ2n) is 4.01. The van der Waals surface area contributed by atoms with Crippen LogP contribution in [0.1, 0.15) is 12.8 Å². The summed E-state index contributed by atoms with van der Waals surface area (Å²) in [6.45, 7) is 0. The van der Waals surface area contributed by atoms with Gasteiger partial charge in [0.2, 0.25) is 11.8 Å². The number of carbonyl (C=O) groups is 2. The summed E-state index contributed by atoms with van der Waals surface area (Å²) in [4.78, 5) is 22.7. The molecule has 2 aliphatic carbocycles. The summed E-state index contributed by atoms with van der Waals surface area (Å²) in [5.74, 6) is 0.256. The molecule has 3 aliphatic rings. The summed E-state index contributed by atoms with van der Waals surface area (Å²) in [6, 6.07) is 0. The Hall–Kier alpha value is -1.12. The number of allylic oxidation sites excluding steroid dienone is 1. The molecule has 1 spiro atoms. The van der Waals surface area contributed by atoms with Crippen molar-refractivity contribution in [3.63, 3.8) is 0 Å². The van der Waals surface area contributed by atoms with Crippen molar-refractivity contribution in [2.24, 2.45) is 17.3 Å². The molecule has 3 atom stereocenters. The van der Waals surface area contributed by atoms with E-state index in [1.54, 1.807) is 0 Å². The van der Waals surface area contributed by atoms with Crippen molar-refractivity contribution in [2.45, 2.75) is 12.8 Å². The summed E-state index contributed by atoms with van der Waals surface area (Å²) in [6.07, 6.45) is 5.62. The third kappa shape index (κ3) is 0.510. The van der Waals surface area contributed by atoms with E-state index in [2.05, 4.69) is 5.32 Å². The highest BCUT2D eigenvalue weighted by Crippen LogP contribution is 2.54. The van der Waals surface area contributed by atoms with Crippen molar-refractivity contribution in [2.75, 3.05) is 0 Å². The lowest BCUT2D eigenvalue weighted by Gasteiger charge is -2.29. The first kappa shape index (κ1) is 6.40. The van der Waals surface area contributed by atoms with Gasteiger partial charge >= 0.3 is 0 Å². The summed E-state index contributed by atoms with van der Waals surface area (Å²) in [5, 5.41) is 2.43. The number of fused-ring (bicyclic) bond motifs is 3. The van der Waals surface area contributed by atoms with E-state index in [0.717, 1.165) is 12.8 Å². The summed E-state index contributed by atoms with van der Waals surface area (Å²) < 4.78 is 0. The van der Waals surface area contributed by atoms with Crippen LogP contribution >= 0.6 is 0 Å². The van der Waals surface area contributed by atoms with E-state index in [9.17, 15) is 9.59 Å². The highest BCUT2D eigenvalue weighted by atomic mass is 16.2. The van der Waals surface area contributed by atoms with Gasteiger partial charge in [-0.3, -0.25) is 14.9 Å². The molecule has 3 bridgehead atoms. The van der Waals surface area contributed by atoms with Gasteiger partial charge in [0.05, 0.1) is 5.41 Å². The van der Waals surface area contributed by atoms with Crippen LogP contribution in [0.25, 0.3) is 0 Å². The predicted molar refractivity (Wildman–Crippen MR) is 40.9 cm³/mol. The SMILES string of the molecule is O=C1NC(=O)C23C=CC(C2)C1C3. The zero-order chi connectivity index (χ0) is 8.34. The average molecular weight is 163 g/mol. The molecule has 3 rings (SSSR count). The normalized spacial score (nSPS) is 48.3. The number of hydrogen-bond donors (Lipinski definition) is 1. The number of carbonyl (C=O) groups excluding carboxylic acids is 2. The van der Waals surface area contributed by atoms with Crippen LogP contribution in [0, 0.1) is 17.3 Å². The van der Waals surface area contributed by atoms with Gasteiger partial charge in [0.1, 0.15) is 0 Å². The van der Waals surface area contributed by atoms with Crippen LogP contribution in [-0.4, -0.2) is 11.8 Å². The molecule has 1 aliphatic heterocycles. The molecule has 3 nitrogen and oxygen atoms in total. The first-order valence-corrected chi connectivity index (χ1v) is 4.26. The van der Waals surface area contributed by atoms with Crippen LogP contribution in [0.3, 0.4) is 0 Å². The molecular weight excluding hydrogens is 154 g/mol. The Morgan fingerprint density at radius 1 is 1.42 bits per heavy atom. The van der Waals surface area contributed by atoms with Gasteiger partial charge in [-0.15, -0.1) is 0 Å². The molecule has 2 amide bonds. The van der Waals surface area contributed by atoms with E-state index in [1.165, 1.54) is 0 Å². The summed E-state index contributed by atoms with van der Waals surface area (Å²) in [5.41, 5.74) is -0.302. The van der Waals surface area contributed by atoms with Crippen LogP contribution in [0.2, 0.25) is 0 Å². The van der Waals surface area contributed by atoms with E-state index in [1.807, 2.05) is 12.2 Å². The van der Waals surface area contributed by atoms with Crippen LogP contribution in [0.4, 0.5) is 0 Å². The maximum atomic E-state index is 11.5. The van der Waals surface area contributed by atoms with E-state index in [0.29, 0.717) is 5.92 Å². The highest BCUT2D eigenvalue weighted by molar-refractivity contribution is 6.04. The zero-order valence-corrected chi connectivity index (χ0v) is 6.54. The first-order chi connectivity index (χ1) is 5.71. The number of nitrogens with one attached hydrogen (secondary N) is 1. The standard InChI is InChI=1S/C9H9NO2/c11-7-6-4-9(8(12)10-7)2-1-5(6)3-9/h1-2,5-6H,3-4H2,(H,10,11,12). The molecule has 1 heterocycles. The van der Waals surface area contributed by atoms with Gasteiger partial charge in [0, 0.05) is 5.92 Å². The van der Waals surface area contributed by atoms with E-state index < -0.39 is 0 Å². The summed E-state index contributed by atoms with van der Waals surface area (Å²) >= 11 is 0. The van der Waals surface area contributed by atoms with Gasteiger partial charge in [-0.25, -0.2) is 0 Å². The minimum atomic E-state index is -0.302. The lowest BCUT2D eigenvalue weighted by atomic mass is 9.80. The molecule has 0 radical (unpaired) electrons. The molecular formula is C9H9NO2. The molecule has 0 aromatic carbocycles. The van der Waals surface area contributed by atoms with Crippen LogP contribution in [0.15, 0.2) is 12.2 Å². The third-order valence-electron chi connectivity index (χ3n) is 3.39. The van der Waals surface area contributed by atoms with Gasteiger partial charge in [-0.1, -0.05) is 12.2 Å². The molecule has 62 valence electrons. The van der Waals surface area contributed by atoms with Crippen molar-refractivity contribution < 1.29 is 9.59 Å². The maximum Gasteiger partial charge on any atom is 0.236 e. The van der Waals surface area contributed by atoms with E-state index in [4.69, 9.17) is 0 Å². The summed E-state index contributed by atoms with van der Waals surface area (Å²) in [7, 11) is 0. The first-order valence-electron chi connectivity index (χ1n) is 4.26. The minimum absolute atomic E-state index is 0.0672. The molecule has 1 N–H and O–H groups in total. The smallest absolute Gasteiger partial charge is 0.236 e. The van der Waals surface area contributed by atoms with Gasteiger partial charge < -0.3 is 0 Å². The van der Waals surface area contributed by atoms with Crippen molar-refractivity contribution in [1.82, 2.24) is 5.32 Å². The van der Waals surface area contributed by atoms with Crippen molar-refractivity contribution in [1.29, 1.82) is 0 Å². The highest BCUT2D eigenvalue weighted by Gasteiger charge is 2.57. The quantitative estimate of drug-likeness (QED) is 0.410. The van der Waals surface area contributed by atoms with Crippen LogP contribution in [-0.2, 0) is 9.59 Å². The minimum Gasteiger partial charge on any atom is -0.295 e. The Bertz CT molecular complexity index is 320. The van der Waals surface area contributed by atoms with Gasteiger partial charge in [-0.2, -0.15) is 0 Å². The largest absolute Gasteiger partial charge is 0.295 e. The van der Waals surface area contributed by atoms with E-state index >= 15 is 0 Å². The Labute approximate surface area is 69.8 Å². The molecule has 0 aromatic heterocycles. The fourth-order valence-electron chi connectivity index (χ4n) is 2.71. The van der Waals surface area contributed by atoms with Gasteiger partial charge in [0.25, 0.3) is 0 Å². The number of hydrogen-bond acceptors (Lipinski definition) is 2. The molecule has 3 unspecified atom stereocenters. The van der Waals surface area contributed by atoms with E-state index in [-0.39, 0.29) is 23.1 Å². The molecule has 1 saturated heterocycles. The zero-order valence-electron chi connectivity index (χ0n) is 6.54. The molecule has 1 saturated carbocycles. The number of rotatable bonds is 0. The van der Waals surface area contributed by atoms with Gasteiger partial charge in [-0.05, 0) is 18.8 Å². The molecule has 0 aromatic rings. The Morgan fingerprint density at radius 2 is 2.25 bits per heavy atom. The Morgan fingerprint density at radius 3 is 3.08 bits per heavy atom. The second kappa shape index (κ2) is 1.63. The number of piperidine rings is 1.